The lowest BCUT2D eigenvalue weighted by Crippen LogP contribution is -2.31. The molecular weight excluding hydrogens is 234 g/mol. The fraction of sp³-hybridized carbons (Fsp3) is 0.909. The van der Waals surface area contributed by atoms with Gasteiger partial charge < -0.3 is 5.32 Å². The SMILES string of the molecule is CCNCc1nnnn1CC(CC)(CC)SC. The van der Waals surface area contributed by atoms with Crippen molar-refractivity contribution in [1.82, 2.24) is 25.5 Å². The van der Waals surface area contributed by atoms with Crippen molar-refractivity contribution in [3.8, 4) is 0 Å². The van der Waals surface area contributed by atoms with Crippen LogP contribution in [0.1, 0.15) is 39.4 Å². The van der Waals surface area contributed by atoms with E-state index in [2.05, 4.69) is 47.9 Å². The molecule has 0 amide bonds. The average Bonchev–Trinajstić information content (AvgIpc) is 2.80. The first-order valence-corrected chi connectivity index (χ1v) is 7.44. The summed E-state index contributed by atoms with van der Waals surface area (Å²) in [5.41, 5.74) is 0. The minimum Gasteiger partial charge on any atom is -0.310 e. The molecule has 0 aliphatic carbocycles. The summed E-state index contributed by atoms with van der Waals surface area (Å²) in [6.45, 7) is 9.10. The van der Waals surface area contributed by atoms with E-state index in [0.717, 1.165) is 38.3 Å². The summed E-state index contributed by atoms with van der Waals surface area (Å²) < 4.78 is 2.18. The summed E-state index contributed by atoms with van der Waals surface area (Å²) in [5.74, 6) is 0.923. The topological polar surface area (TPSA) is 55.6 Å². The third kappa shape index (κ3) is 3.67. The summed E-state index contributed by atoms with van der Waals surface area (Å²) in [4.78, 5) is 0. The molecule has 0 aromatic carbocycles. The van der Waals surface area contributed by atoms with Gasteiger partial charge in [-0.25, -0.2) is 4.68 Å². The highest BCUT2D eigenvalue weighted by molar-refractivity contribution is 8.00. The third-order valence-corrected chi connectivity index (χ3v) is 4.87. The molecule has 0 saturated carbocycles. The molecule has 0 atom stereocenters. The Morgan fingerprint density at radius 1 is 1.29 bits per heavy atom. The van der Waals surface area contributed by atoms with Crippen LogP contribution in [0.15, 0.2) is 0 Å². The molecule has 1 aromatic heterocycles. The van der Waals surface area contributed by atoms with E-state index in [4.69, 9.17) is 0 Å². The van der Waals surface area contributed by atoms with Crippen molar-refractivity contribution in [3.05, 3.63) is 5.82 Å². The highest BCUT2D eigenvalue weighted by Gasteiger charge is 2.27. The van der Waals surface area contributed by atoms with Gasteiger partial charge in [0, 0.05) is 4.75 Å². The second-order valence-corrected chi connectivity index (χ2v) is 5.40. The second-order valence-electron chi connectivity index (χ2n) is 4.13. The monoisotopic (exact) mass is 257 g/mol. The molecule has 0 radical (unpaired) electrons. The van der Waals surface area contributed by atoms with Gasteiger partial charge in [-0.05, 0) is 36.1 Å². The molecule has 0 aliphatic rings. The van der Waals surface area contributed by atoms with Crippen LogP contribution in [0.5, 0.6) is 0 Å². The smallest absolute Gasteiger partial charge is 0.165 e. The van der Waals surface area contributed by atoms with E-state index in [0.29, 0.717) is 0 Å². The Balaban J connectivity index is 2.75. The lowest BCUT2D eigenvalue weighted by Gasteiger charge is -2.29. The highest BCUT2D eigenvalue weighted by Crippen LogP contribution is 2.32. The van der Waals surface area contributed by atoms with Crippen LogP contribution in [0, 0.1) is 0 Å². The fourth-order valence-electron chi connectivity index (χ4n) is 1.81. The van der Waals surface area contributed by atoms with E-state index >= 15 is 0 Å². The van der Waals surface area contributed by atoms with E-state index in [1.165, 1.54) is 0 Å². The van der Waals surface area contributed by atoms with Crippen LogP contribution < -0.4 is 5.32 Å². The van der Waals surface area contributed by atoms with Crippen LogP contribution in [0.2, 0.25) is 0 Å². The van der Waals surface area contributed by atoms with Gasteiger partial charge in [0.1, 0.15) is 0 Å². The molecule has 0 unspecified atom stereocenters. The zero-order chi connectivity index (χ0) is 12.7. The Hall–Kier alpha value is -0.620. The van der Waals surface area contributed by atoms with Crippen LogP contribution >= 0.6 is 11.8 Å². The third-order valence-electron chi connectivity index (χ3n) is 3.30. The van der Waals surface area contributed by atoms with Gasteiger partial charge in [0.25, 0.3) is 0 Å². The van der Waals surface area contributed by atoms with Crippen molar-refractivity contribution < 1.29 is 0 Å². The van der Waals surface area contributed by atoms with Gasteiger partial charge >= 0.3 is 0 Å². The molecule has 0 saturated heterocycles. The van der Waals surface area contributed by atoms with Gasteiger partial charge in [-0.2, -0.15) is 11.8 Å². The van der Waals surface area contributed by atoms with E-state index in [1.807, 2.05) is 16.4 Å². The van der Waals surface area contributed by atoms with Crippen molar-refractivity contribution in [2.45, 2.75) is 51.4 Å². The van der Waals surface area contributed by atoms with Crippen molar-refractivity contribution in [3.63, 3.8) is 0 Å². The van der Waals surface area contributed by atoms with E-state index < -0.39 is 0 Å². The highest BCUT2D eigenvalue weighted by atomic mass is 32.2. The zero-order valence-corrected chi connectivity index (χ0v) is 12.0. The number of hydrogen-bond acceptors (Lipinski definition) is 5. The van der Waals surface area contributed by atoms with Crippen molar-refractivity contribution in [1.29, 1.82) is 0 Å². The number of rotatable bonds is 8. The Morgan fingerprint density at radius 2 is 2.00 bits per heavy atom. The molecule has 17 heavy (non-hydrogen) atoms. The van der Waals surface area contributed by atoms with Gasteiger partial charge in [0.05, 0.1) is 13.1 Å². The number of nitrogens with one attached hydrogen (secondary N) is 1. The molecule has 6 heteroatoms. The van der Waals surface area contributed by atoms with Gasteiger partial charge in [0.2, 0.25) is 0 Å². The fourth-order valence-corrected chi connectivity index (χ4v) is 2.64. The molecule has 0 spiro atoms. The van der Waals surface area contributed by atoms with Crippen LogP contribution in [0.25, 0.3) is 0 Å². The van der Waals surface area contributed by atoms with E-state index in [-0.39, 0.29) is 4.75 Å². The van der Waals surface area contributed by atoms with Crippen LogP contribution in [0.4, 0.5) is 0 Å². The molecule has 1 aromatic rings. The standard InChI is InChI=1S/C11H23N5S/c1-5-11(6-2,17-4)9-16-10(8-12-7-3)13-14-15-16/h12H,5-9H2,1-4H3. The normalized spacial score (nSPS) is 12.0. The minimum atomic E-state index is 0.246. The van der Waals surface area contributed by atoms with E-state index in [9.17, 15) is 0 Å². The molecule has 5 nitrogen and oxygen atoms in total. The largest absolute Gasteiger partial charge is 0.310 e. The number of aromatic nitrogens is 4. The number of hydrogen-bond donors (Lipinski definition) is 1. The van der Waals surface area contributed by atoms with Gasteiger partial charge in [-0.3, -0.25) is 0 Å². The summed E-state index contributed by atoms with van der Waals surface area (Å²) in [7, 11) is 0. The average molecular weight is 257 g/mol. The van der Waals surface area contributed by atoms with Gasteiger partial charge in [-0.1, -0.05) is 20.8 Å². The maximum absolute atomic E-state index is 4.10. The number of tetrazole rings is 1. The van der Waals surface area contributed by atoms with Gasteiger partial charge in [0.15, 0.2) is 5.82 Å². The minimum absolute atomic E-state index is 0.246. The predicted octanol–water partition coefficient (Wildman–Crippen LogP) is 1.70. The summed E-state index contributed by atoms with van der Waals surface area (Å²) >= 11 is 1.91. The molecule has 1 rings (SSSR count). The second kappa shape index (κ2) is 6.96. The first kappa shape index (κ1) is 14.4. The summed E-state index contributed by atoms with van der Waals surface area (Å²) in [5, 5.41) is 15.2. The molecule has 1 N–H and O–H groups in total. The summed E-state index contributed by atoms with van der Waals surface area (Å²) in [6.07, 6.45) is 4.43. The first-order chi connectivity index (χ1) is 8.21. The van der Waals surface area contributed by atoms with E-state index in [1.54, 1.807) is 0 Å². The molecule has 0 aliphatic heterocycles. The van der Waals surface area contributed by atoms with Crippen LogP contribution in [0.3, 0.4) is 0 Å². The predicted molar refractivity (Wildman–Crippen MR) is 72.0 cm³/mol. The Bertz CT molecular complexity index is 313. The Morgan fingerprint density at radius 3 is 2.53 bits per heavy atom. The number of nitrogens with zero attached hydrogens (tertiary/aromatic N) is 4. The summed E-state index contributed by atoms with van der Waals surface area (Å²) in [6, 6.07) is 0. The number of thioether (sulfide) groups is 1. The maximum atomic E-state index is 4.10. The van der Waals surface area contributed by atoms with Crippen molar-refractivity contribution in [2.75, 3.05) is 12.8 Å². The molecule has 0 fully saturated rings. The zero-order valence-electron chi connectivity index (χ0n) is 11.2. The molecule has 1 heterocycles. The Labute approximate surface area is 108 Å². The van der Waals surface area contributed by atoms with Crippen molar-refractivity contribution in [2.24, 2.45) is 0 Å². The lowest BCUT2D eigenvalue weighted by molar-refractivity contribution is 0.418. The van der Waals surface area contributed by atoms with Crippen LogP contribution in [-0.4, -0.2) is 37.8 Å². The maximum Gasteiger partial charge on any atom is 0.165 e. The van der Waals surface area contributed by atoms with Gasteiger partial charge in [-0.15, -0.1) is 5.10 Å². The quantitative estimate of drug-likeness (QED) is 0.768. The molecular formula is C11H23N5S. The molecule has 98 valence electrons. The molecule has 0 bridgehead atoms. The lowest BCUT2D eigenvalue weighted by atomic mass is 10.0. The van der Waals surface area contributed by atoms with Crippen molar-refractivity contribution >= 4 is 11.8 Å². The first-order valence-electron chi connectivity index (χ1n) is 6.22. The Kier molecular flexibility index (Phi) is 5.91. The van der Waals surface area contributed by atoms with Crippen LogP contribution in [-0.2, 0) is 13.1 Å².